The van der Waals surface area contributed by atoms with Crippen LogP contribution in [0.5, 0.6) is 0 Å². The van der Waals surface area contributed by atoms with Gasteiger partial charge in [0.1, 0.15) is 10.1 Å². The van der Waals surface area contributed by atoms with E-state index >= 15 is 0 Å². The van der Waals surface area contributed by atoms with Crippen molar-refractivity contribution >= 4 is 16.0 Å². The van der Waals surface area contributed by atoms with Crippen LogP contribution >= 0.6 is 0 Å². The lowest BCUT2D eigenvalue weighted by molar-refractivity contribution is -0.699. The first-order valence-electron chi connectivity index (χ1n) is 7.43. The van der Waals surface area contributed by atoms with Crippen LogP contribution in [0.3, 0.4) is 0 Å². The van der Waals surface area contributed by atoms with E-state index < -0.39 is 10.1 Å². The third-order valence-electron chi connectivity index (χ3n) is 3.52. The molecule has 1 aliphatic heterocycles. The lowest BCUT2D eigenvalue weighted by Gasteiger charge is -2.05. The van der Waals surface area contributed by atoms with E-state index in [4.69, 9.17) is 0 Å². The Morgan fingerprint density at radius 1 is 1.38 bits per heavy atom. The summed E-state index contributed by atoms with van der Waals surface area (Å²) in [6.45, 7) is 2.64. The second-order valence-corrected chi connectivity index (χ2v) is 7.07. The molecule has 1 aliphatic rings. The molecule has 0 saturated carbocycles. The molecule has 9 heteroatoms. The van der Waals surface area contributed by atoms with Crippen molar-refractivity contribution in [3.05, 3.63) is 42.5 Å². The second kappa shape index (κ2) is 7.54. The summed E-state index contributed by atoms with van der Waals surface area (Å²) >= 11 is 0. The molecule has 1 aromatic carbocycles. The summed E-state index contributed by atoms with van der Waals surface area (Å²) in [5.41, 5.74) is 0.928. The number of nitrogens with zero attached hydrogens (tertiary/aromatic N) is 3. The Kier molecular flexibility index (Phi) is 5.68. The zero-order chi connectivity index (χ0) is 17.7. The minimum Gasteiger partial charge on any atom is -0.744 e. The Hall–Kier alpha value is -2.26. The van der Waals surface area contributed by atoms with Gasteiger partial charge in [0, 0.05) is 11.5 Å². The van der Waals surface area contributed by atoms with Crippen molar-refractivity contribution in [2.24, 2.45) is 7.05 Å². The maximum absolute atomic E-state index is 10.9. The summed E-state index contributed by atoms with van der Waals surface area (Å²) in [5.74, 6) is 0.162. The molecular weight excluding hydrogens is 332 g/mol. The Labute approximate surface area is 140 Å². The third-order valence-corrected chi connectivity index (χ3v) is 4.37. The van der Waals surface area contributed by atoms with Gasteiger partial charge in [0.05, 0.1) is 24.5 Å². The molecule has 0 bridgehead atoms. The zero-order valence-electron chi connectivity index (χ0n) is 13.5. The van der Waals surface area contributed by atoms with E-state index in [-0.39, 0.29) is 16.8 Å². The first-order valence-corrected chi connectivity index (χ1v) is 8.84. The van der Waals surface area contributed by atoms with E-state index in [0.717, 1.165) is 18.5 Å². The molecule has 0 spiro atoms. The van der Waals surface area contributed by atoms with Crippen LogP contribution in [0.15, 0.2) is 41.8 Å². The van der Waals surface area contributed by atoms with E-state index in [0.29, 0.717) is 6.42 Å². The highest BCUT2D eigenvalue weighted by Crippen LogP contribution is 2.08. The Balaban J connectivity index is 0.000000177. The van der Waals surface area contributed by atoms with Crippen LogP contribution in [0.25, 0.3) is 0 Å². The molecule has 1 atom stereocenters. The summed E-state index contributed by atoms with van der Waals surface area (Å²) in [6, 6.07) is 6.06. The number of benzene rings is 1. The van der Waals surface area contributed by atoms with E-state index in [9.17, 15) is 17.8 Å². The van der Waals surface area contributed by atoms with Crippen LogP contribution in [-0.4, -0.2) is 34.7 Å². The van der Waals surface area contributed by atoms with Crippen molar-refractivity contribution in [1.82, 2.24) is 15.1 Å². The fourth-order valence-corrected chi connectivity index (χ4v) is 2.76. The van der Waals surface area contributed by atoms with Gasteiger partial charge in [-0.05, 0) is 25.5 Å². The molecule has 1 aromatic heterocycles. The molecule has 0 unspecified atom stereocenters. The number of carbonyl (C=O) groups is 1. The highest BCUT2D eigenvalue weighted by Gasteiger charge is 2.22. The molecule has 1 saturated heterocycles. The van der Waals surface area contributed by atoms with Gasteiger partial charge in [0.25, 0.3) is 6.33 Å². The third kappa shape index (κ3) is 5.43. The van der Waals surface area contributed by atoms with Crippen LogP contribution < -0.4 is 9.88 Å². The summed E-state index contributed by atoms with van der Waals surface area (Å²) in [4.78, 5) is 10.7. The molecule has 1 fully saturated rings. The van der Waals surface area contributed by atoms with E-state index in [2.05, 4.69) is 10.4 Å². The van der Waals surface area contributed by atoms with Gasteiger partial charge >= 0.3 is 0 Å². The van der Waals surface area contributed by atoms with Gasteiger partial charge in [-0.2, -0.15) is 0 Å². The van der Waals surface area contributed by atoms with Crippen molar-refractivity contribution in [2.75, 3.05) is 0 Å². The topological polar surface area (TPSA) is 108 Å². The largest absolute Gasteiger partial charge is 0.744 e. The number of aryl methyl sites for hydroxylation is 2. The van der Waals surface area contributed by atoms with Gasteiger partial charge in [-0.3, -0.25) is 4.79 Å². The molecule has 0 aliphatic carbocycles. The smallest absolute Gasteiger partial charge is 0.265 e. The van der Waals surface area contributed by atoms with Gasteiger partial charge in [-0.1, -0.05) is 17.7 Å². The maximum Gasteiger partial charge on any atom is 0.265 e. The molecule has 8 nitrogen and oxygen atoms in total. The number of hydrogen-bond acceptors (Lipinski definition) is 5. The lowest BCUT2D eigenvalue weighted by atomic mass is 10.2. The predicted octanol–water partition coefficient (Wildman–Crippen LogP) is -0.115. The van der Waals surface area contributed by atoms with Crippen molar-refractivity contribution in [1.29, 1.82) is 0 Å². The number of rotatable bonds is 3. The summed E-state index contributed by atoms with van der Waals surface area (Å²) in [6.07, 6.45) is 5.27. The van der Waals surface area contributed by atoms with E-state index in [1.807, 2.05) is 24.9 Å². The lowest BCUT2D eigenvalue weighted by Crippen LogP contribution is -2.42. The Morgan fingerprint density at radius 2 is 2.04 bits per heavy atom. The molecule has 2 heterocycles. The summed E-state index contributed by atoms with van der Waals surface area (Å²) in [5, 5.41) is 6.96. The van der Waals surface area contributed by atoms with Crippen LogP contribution in [0.1, 0.15) is 18.4 Å². The molecule has 24 heavy (non-hydrogen) atoms. The Bertz CT molecular complexity index is 799. The number of hydrogen-bond donors (Lipinski definition) is 1. The number of aromatic nitrogens is 3. The SMILES string of the molecule is Cc1ccc(S(=O)(=O)[O-])cc1.Cn1c[n+](C[C@@H]2CCC(=O)N2)cn1. The van der Waals surface area contributed by atoms with Gasteiger partial charge in [0.2, 0.25) is 12.2 Å². The average Bonchev–Trinajstić information content (AvgIpc) is 3.08. The van der Waals surface area contributed by atoms with Gasteiger partial charge in [0.15, 0.2) is 0 Å². The molecule has 130 valence electrons. The van der Waals surface area contributed by atoms with Crippen LogP contribution in [0, 0.1) is 6.92 Å². The average molecular weight is 352 g/mol. The van der Waals surface area contributed by atoms with Gasteiger partial charge < -0.3 is 9.87 Å². The van der Waals surface area contributed by atoms with E-state index in [1.165, 1.54) is 12.1 Å². The minimum atomic E-state index is -4.27. The van der Waals surface area contributed by atoms with Crippen molar-refractivity contribution < 1.29 is 22.3 Å². The molecule has 1 amide bonds. The fraction of sp³-hybridized carbons (Fsp3) is 0.400. The Morgan fingerprint density at radius 3 is 2.50 bits per heavy atom. The number of amides is 1. The highest BCUT2D eigenvalue weighted by atomic mass is 32.2. The van der Waals surface area contributed by atoms with Crippen LogP contribution in [0.4, 0.5) is 0 Å². The van der Waals surface area contributed by atoms with Crippen LogP contribution in [0.2, 0.25) is 0 Å². The summed E-state index contributed by atoms with van der Waals surface area (Å²) in [7, 11) is -2.39. The van der Waals surface area contributed by atoms with Crippen molar-refractivity contribution in [2.45, 2.75) is 37.2 Å². The standard InChI is InChI=1S/C8H12N4O.C7H8O3S/c1-11-6-12(5-9-11)4-7-2-3-8(13)10-7;1-6-2-4-7(5-3-6)11(8,9)10/h5-7H,2-4H2,1H3;2-5H,1H3,(H,8,9,10)/t7-;/m0./s1. The number of carbonyl (C=O) groups excluding carboxylic acids is 1. The van der Waals surface area contributed by atoms with Crippen molar-refractivity contribution in [3.8, 4) is 0 Å². The van der Waals surface area contributed by atoms with Crippen molar-refractivity contribution in [3.63, 3.8) is 0 Å². The normalized spacial score (nSPS) is 17.1. The fourth-order valence-electron chi connectivity index (χ4n) is 2.29. The summed E-state index contributed by atoms with van der Waals surface area (Å²) < 4.78 is 34.9. The molecule has 0 radical (unpaired) electrons. The van der Waals surface area contributed by atoms with Gasteiger partial charge in [-0.25, -0.2) is 13.0 Å². The molecule has 3 rings (SSSR count). The zero-order valence-corrected chi connectivity index (χ0v) is 14.4. The van der Waals surface area contributed by atoms with E-state index in [1.54, 1.807) is 23.1 Å². The van der Waals surface area contributed by atoms with Crippen LogP contribution in [-0.2, 0) is 28.5 Å². The van der Waals surface area contributed by atoms with Gasteiger partial charge in [-0.15, -0.1) is 4.68 Å². The highest BCUT2D eigenvalue weighted by molar-refractivity contribution is 7.85. The molecule has 1 N–H and O–H groups in total. The first-order chi connectivity index (χ1) is 11.2. The quantitative estimate of drug-likeness (QED) is 0.612. The first kappa shape index (κ1) is 18.1. The molecule has 2 aromatic rings. The maximum atomic E-state index is 10.9. The second-order valence-electron chi connectivity index (χ2n) is 5.69. The molecular formula is C15H20N4O4S. The monoisotopic (exact) mass is 352 g/mol. The number of nitrogens with one attached hydrogen (secondary N) is 1. The predicted molar refractivity (Wildman–Crippen MR) is 83.7 cm³/mol. The minimum absolute atomic E-state index is 0.162.